The smallest absolute Gasteiger partial charge is 0.491 e. The summed E-state index contributed by atoms with van der Waals surface area (Å²) in [6, 6.07) is 2.86. The molecule has 0 aliphatic carbocycles. The summed E-state index contributed by atoms with van der Waals surface area (Å²) in [7, 11) is 1.12. The summed E-state index contributed by atoms with van der Waals surface area (Å²) in [5, 5.41) is 8.51. The molecule has 0 amide bonds. The molecular formula is C10H8F4N2O2. The van der Waals surface area contributed by atoms with Crippen molar-refractivity contribution in [2.75, 3.05) is 7.11 Å². The molecule has 8 heteroatoms. The molecule has 0 fully saturated rings. The van der Waals surface area contributed by atoms with E-state index >= 15 is 0 Å². The van der Waals surface area contributed by atoms with Gasteiger partial charge in [0.2, 0.25) is 0 Å². The second kappa shape index (κ2) is 5.53. The molecule has 0 atom stereocenters. The van der Waals surface area contributed by atoms with Crippen molar-refractivity contribution in [3.05, 3.63) is 17.3 Å². The van der Waals surface area contributed by atoms with E-state index in [2.05, 4.69) is 14.5 Å². The van der Waals surface area contributed by atoms with Gasteiger partial charge in [-0.1, -0.05) is 0 Å². The predicted molar refractivity (Wildman–Crippen MR) is 51.6 cm³/mol. The maximum absolute atomic E-state index is 12.6. The Balaban J connectivity index is 3.22. The number of pyridine rings is 1. The quantitative estimate of drug-likeness (QED) is 0.784. The van der Waals surface area contributed by atoms with Gasteiger partial charge in [-0.3, -0.25) is 0 Å². The molecule has 1 aromatic rings. The second-order valence-corrected chi connectivity index (χ2v) is 3.12. The molecule has 98 valence electrons. The number of ether oxygens (including phenoxy) is 2. The van der Waals surface area contributed by atoms with Crippen LogP contribution in [0, 0.1) is 11.3 Å². The molecule has 0 bridgehead atoms. The molecule has 0 saturated carbocycles. The highest BCUT2D eigenvalue weighted by Gasteiger charge is 2.33. The van der Waals surface area contributed by atoms with Gasteiger partial charge in [-0.25, -0.2) is 9.37 Å². The molecule has 0 N–H and O–H groups in total. The molecule has 0 aromatic carbocycles. The fourth-order valence-corrected chi connectivity index (χ4v) is 1.24. The van der Waals surface area contributed by atoms with E-state index in [-0.39, 0.29) is 23.4 Å². The lowest BCUT2D eigenvalue weighted by atomic mass is 10.1. The molecule has 18 heavy (non-hydrogen) atoms. The Morgan fingerprint density at radius 3 is 2.56 bits per heavy atom. The van der Waals surface area contributed by atoms with Crippen LogP contribution in [-0.2, 0) is 13.1 Å². The average molecular weight is 264 g/mol. The van der Waals surface area contributed by atoms with Crippen LogP contribution >= 0.6 is 0 Å². The molecule has 0 unspecified atom stereocenters. The average Bonchev–Trinajstić information content (AvgIpc) is 2.28. The van der Waals surface area contributed by atoms with Gasteiger partial charge in [0.15, 0.2) is 5.75 Å². The Morgan fingerprint density at radius 2 is 2.11 bits per heavy atom. The first kappa shape index (κ1) is 14.0. The van der Waals surface area contributed by atoms with Gasteiger partial charge in [0.1, 0.15) is 6.67 Å². The van der Waals surface area contributed by atoms with Crippen LogP contribution in [0.5, 0.6) is 11.6 Å². The van der Waals surface area contributed by atoms with Crippen molar-refractivity contribution in [3.8, 4) is 17.7 Å². The predicted octanol–water partition coefficient (Wildman–Crippen LogP) is 2.52. The third-order valence-corrected chi connectivity index (χ3v) is 1.95. The number of nitriles is 1. The Kier molecular flexibility index (Phi) is 4.31. The summed E-state index contributed by atoms with van der Waals surface area (Å²) < 4.78 is 57.1. The summed E-state index contributed by atoms with van der Waals surface area (Å²) in [6.07, 6.45) is -5.14. The summed E-state index contributed by atoms with van der Waals surface area (Å²) >= 11 is 0. The van der Waals surface area contributed by atoms with Crippen LogP contribution in [0.25, 0.3) is 0 Å². The van der Waals surface area contributed by atoms with Crippen molar-refractivity contribution >= 4 is 0 Å². The standard InChI is InChI=1S/C10H8F4N2O2/c1-17-8-4-6(2-3-15)7(5-11)16-9(8)18-10(12,13)14/h4H,2,5H2,1H3. The molecule has 1 heterocycles. The van der Waals surface area contributed by atoms with Crippen LogP contribution in [0.3, 0.4) is 0 Å². The summed E-state index contributed by atoms with van der Waals surface area (Å²) in [6.45, 7) is -1.10. The fraction of sp³-hybridized carbons (Fsp3) is 0.400. The van der Waals surface area contributed by atoms with Crippen molar-refractivity contribution in [1.82, 2.24) is 4.98 Å². The first-order valence-electron chi connectivity index (χ1n) is 4.66. The van der Waals surface area contributed by atoms with Gasteiger partial charge in [0, 0.05) is 0 Å². The highest BCUT2D eigenvalue weighted by atomic mass is 19.4. The van der Waals surface area contributed by atoms with Crippen LogP contribution in [0.1, 0.15) is 11.3 Å². The van der Waals surface area contributed by atoms with Gasteiger partial charge < -0.3 is 9.47 Å². The van der Waals surface area contributed by atoms with E-state index in [4.69, 9.17) is 5.26 Å². The van der Waals surface area contributed by atoms with Gasteiger partial charge >= 0.3 is 6.36 Å². The molecule has 4 nitrogen and oxygen atoms in total. The third-order valence-electron chi connectivity index (χ3n) is 1.95. The minimum atomic E-state index is -4.95. The van der Waals surface area contributed by atoms with E-state index in [0.29, 0.717) is 0 Å². The number of aromatic nitrogens is 1. The molecule has 0 spiro atoms. The highest BCUT2D eigenvalue weighted by Crippen LogP contribution is 2.32. The lowest BCUT2D eigenvalue weighted by Gasteiger charge is -2.13. The van der Waals surface area contributed by atoms with Crippen molar-refractivity contribution in [2.45, 2.75) is 19.5 Å². The lowest BCUT2D eigenvalue weighted by molar-refractivity contribution is -0.276. The maximum atomic E-state index is 12.6. The van der Waals surface area contributed by atoms with E-state index in [1.807, 2.05) is 0 Å². The summed E-state index contributed by atoms with van der Waals surface area (Å²) in [5.41, 5.74) is -0.122. The monoisotopic (exact) mass is 264 g/mol. The first-order valence-corrected chi connectivity index (χ1v) is 4.66. The van der Waals surface area contributed by atoms with Crippen LogP contribution in [-0.4, -0.2) is 18.5 Å². The van der Waals surface area contributed by atoms with Gasteiger partial charge in [-0.2, -0.15) is 5.26 Å². The Labute approximate surface area is 99.8 Å². The number of hydrogen-bond donors (Lipinski definition) is 0. The van der Waals surface area contributed by atoms with E-state index < -0.39 is 18.9 Å². The topological polar surface area (TPSA) is 55.1 Å². The zero-order chi connectivity index (χ0) is 13.8. The molecule has 0 radical (unpaired) electrons. The zero-order valence-electron chi connectivity index (χ0n) is 9.21. The van der Waals surface area contributed by atoms with Crippen molar-refractivity contribution in [1.29, 1.82) is 5.26 Å². The zero-order valence-corrected chi connectivity index (χ0v) is 9.21. The largest absolute Gasteiger partial charge is 0.574 e. The SMILES string of the molecule is COc1cc(CC#N)c(CF)nc1OC(F)(F)F. The minimum absolute atomic E-state index is 0.159. The van der Waals surface area contributed by atoms with E-state index in [1.165, 1.54) is 0 Å². The number of hydrogen-bond acceptors (Lipinski definition) is 4. The molecule has 1 rings (SSSR count). The number of halogens is 4. The first-order chi connectivity index (χ1) is 8.41. The third kappa shape index (κ3) is 3.48. The second-order valence-electron chi connectivity index (χ2n) is 3.12. The molecular weight excluding hydrogens is 256 g/mol. The van der Waals surface area contributed by atoms with Gasteiger partial charge in [0.25, 0.3) is 5.88 Å². The number of rotatable bonds is 4. The van der Waals surface area contributed by atoms with Crippen molar-refractivity contribution < 1.29 is 27.0 Å². The molecule has 0 aliphatic heterocycles. The van der Waals surface area contributed by atoms with E-state index in [1.54, 1.807) is 6.07 Å². The van der Waals surface area contributed by atoms with Crippen LogP contribution in [0.4, 0.5) is 17.6 Å². The summed E-state index contributed by atoms with van der Waals surface area (Å²) in [4.78, 5) is 3.37. The molecule has 0 aliphatic rings. The van der Waals surface area contributed by atoms with Crippen molar-refractivity contribution in [2.24, 2.45) is 0 Å². The summed E-state index contributed by atoms with van der Waals surface area (Å²) in [5.74, 6) is -1.19. The highest BCUT2D eigenvalue weighted by molar-refractivity contribution is 5.40. The Bertz CT molecular complexity index is 468. The lowest BCUT2D eigenvalue weighted by Crippen LogP contribution is -2.19. The van der Waals surface area contributed by atoms with Crippen LogP contribution in [0.2, 0.25) is 0 Å². The van der Waals surface area contributed by atoms with E-state index in [0.717, 1.165) is 13.2 Å². The van der Waals surface area contributed by atoms with Crippen LogP contribution < -0.4 is 9.47 Å². The van der Waals surface area contributed by atoms with E-state index in [9.17, 15) is 17.6 Å². The molecule has 0 saturated heterocycles. The van der Waals surface area contributed by atoms with Gasteiger partial charge in [-0.15, -0.1) is 13.2 Å². The number of methoxy groups -OCH3 is 1. The van der Waals surface area contributed by atoms with Crippen LogP contribution in [0.15, 0.2) is 6.07 Å². The number of nitrogens with zero attached hydrogens (tertiary/aromatic N) is 2. The fourth-order valence-electron chi connectivity index (χ4n) is 1.24. The van der Waals surface area contributed by atoms with Gasteiger partial charge in [0.05, 0.1) is 25.3 Å². The number of alkyl halides is 4. The Hall–Kier alpha value is -2.04. The molecule has 1 aromatic heterocycles. The van der Waals surface area contributed by atoms with Gasteiger partial charge in [-0.05, 0) is 11.6 Å². The normalized spacial score (nSPS) is 10.9. The Morgan fingerprint density at radius 1 is 1.44 bits per heavy atom. The minimum Gasteiger partial charge on any atom is -0.491 e. The van der Waals surface area contributed by atoms with Crippen molar-refractivity contribution in [3.63, 3.8) is 0 Å². The maximum Gasteiger partial charge on any atom is 0.574 e.